The summed E-state index contributed by atoms with van der Waals surface area (Å²) in [5, 5.41) is 16.8. The molecule has 7 heteroatoms. The molecule has 1 saturated carbocycles. The van der Waals surface area contributed by atoms with Crippen molar-refractivity contribution < 1.29 is 19.0 Å². The Kier molecular flexibility index (Phi) is 4.57. The Morgan fingerprint density at radius 1 is 1.43 bits per heavy atom. The van der Waals surface area contributed by atoms with Crippen molar-refractivity contribution in [3.8, 4) is 5.75 Å². The van der Waals surface area contributed by atoms with Gasteiger partial charge in [-0.15, -0.1) is 0 Å². The highest BCUT2D eigenvalue weighted by molar-refractivity contribution is 5.76. The Labute approximate surface area is 132 Å². The molecule has 1 fully saturated rings. The van der Waals surface area contributed by atoms with Crippen LogP contribution in [0.3, 0.4) is 0 Å². The maximum atomic E-state index is 13.4. The first-order valence-corrected chi connectivity index (χ1v) is 7.49. The highest BCUT2D eigenvalue weighted by Gasteiger charge is 2.42. The van der Waals surface area contributed by atoms with Gasteiger partial charge in [-0.05, 0) is 24.6 Å². The van der Waals surface area contributed by atoms with Crippen molar-refractivity contribution in [3.05, 3.63) is 48.5 Å². The van der Waals surface area contributed by atoms with Crippen LogP contribution in [0, 0.1) is 5.82 Å². The van der Waals surface area contributed by atoms with Crippen LogP contribution in [-0.4, -0.2) is 39.5 Å². The maximum absolute atomic E-state index is 13.4. The predicted molar refractivity (Wildman–Crippen MR) is 80.3 cm³/mol. The van der Waals surface area contributed by atoms with Crippen molar-refractivity contribution in [1.29, 1.82) is 0 Å². The fourth-order valence-electron chi connectivity index (χ4n) is 2.67. The van der Waals surface area contributed by atoms with E-state index < -0.39 is 11.9 Å². The molecule has 1 aliphatic rings. The highest BCUT2D eigenvalue weighted by Crippen LogP contribution is 2.32. The zero-order valence-electron chi connectivity index (χ0n) is 12.4. The average Bonchev–Trinajstić information content (AvgIpc) is 3.02. The van der Waals surface area contributed by atoms with E-state index in [1.807, 2.05) is 0 Å². The van der Waals surface area contributed by atoms with Crippen molar-refractivity contribution in [3.63, 3.8) is 0 Å². The maximum Gasteiger partial charge on any atom is 0.223 e. The number of ether oxygens (including phenoxy) is 1. The molecule has 122 valence electrons. The number of aliphatic hydroxyl groups excluding tert-OH is 1. The molecule has 0 aliphatic heterocycles. The second kappa shape index (κ2) is 6.78. The second-order valence-electron chi connectivity index (χ2n) is 5.48. The number of benzene rings is 1. The minimum absolute atomic E-state index is 0.0917. The van der Waals surface area contributed by atoms with E-state index in [4.69, 9.17) is 4.74 Å². The van der Waals surface area contributed by atoms with Gasteiger partial charge in [-0.3, -0.25) is 9.48 Å². The average molecular weight is 319 g/mol. The lowest BCUT2D eigenvalue weighted by atomic mass is 9.83. The predicted octanol–water partition coefficient (Wildman–Crippen LogP) is 1.28. The fraction of sp³-hybridized carbons (Fsp3) is 0.375. The summed E-state index contributed by atoms with van der Waals surface area (Å²) in [6.07, 6.45) is 3.48. The molecule has 2 N–H and O–H groups in total. The molecule has 1 aliphatic carbocycles. The van der Waals surface area contributed by atoms with Crippen LogP contribution in [0.5, 0.6) is 5.75 Å². The summed E-state index contributed by atoms with van der Waals surface area (Å²) in [5.74, 6) is -0.516. The molecule has 0 radical (unpaired) electrons. The quantitative estimate of drug-likeness (QED) is 0.841. The topological polar surface area (TPSA) is 76.4 Å². The van der Waals surface area contributed by atoms with Gasteiger partial charge in [0.1, 0.15) is 0 Å². The summed E-state index contributed by atoms with van der Waals surface area (Å²) in [5.41, 5.74) is 0. The van der Waals surface area contributed by atoms with Crippen LogP contribution in [0.1, 0.15) is 18.9 Å². The summed E-state index contributed by atoms with van der Waals surface area (Å²) >= 11 is 0. The van der Waals surface area contributed by atoms with Gasteiger partial charge >= 0.3 is 0 Å². The third-order valence-corrected chi connectivity index (χ3v) is 3.90. The number of aliphatic hydroxyl groups is 1. The van der Waals surface area contributed by atoms with E-state index in [2.05, 4.69) is 10.4 Å². The van der Waals surface area contributed by atoms with E-state index >= 15 is 0 Å². The number of para-hydroxylation sites is 1. The summed E-state index contributed by atoms with van der Waals surface area (Å²) in [6.45, 7) is 0.0917. The van der Waals surface area contributed by atoms with E-state index in [1.54, 1.807) is 35.3 Å². The molecule has 0 spiro atoms. The van der Waals surface area contributed by atoms with Crippen molar-refractivity contribution >= 4 is 5.91 Å². The number of rotatable bonds is 6. The second-order valence-corrected chi connectivity index (χ2v) is 5.48. The molecule has 1 heterocycles. The van der Waals surface area contributed by atoms with Crippen molar-refractivity contribution in [2.75, 3.05) is 6.61 Å². The van der Waals surface area contributed by atoms with Crippen LogP contribution in [0.15, 0.2) is 42.7 Å². The molecule has 3 rings (SSSR count). The first-order valence-electron chi connectivity index (χ1n) is 7.49. The Hall–Kier alpha value is -2.41. The smallest absolute Gasteiger partial charge is 0.223 e. The number of hydrogen-bond acceptors (Lipinski definition) is 4. The van der Waals surface area contributed by atoms with Gasteiger partial charge in [-0.25, -0.2) is 4.39 Å². The normalized spacial score (nSPS) is 23.1. The summed E-state index contributed by atoms with van der Waals surface area (Å²) in [4.78, 5) is 11.9. The van der Waals surface area contributed by atoms with Gasteiger partial charge in [0.25, 0.3) is 0 Å². The van der Waals surface area contributed by atoms with E-state index in [9.17, 15) is 14.3 Å². The number of amides is 1. The minimum atomic E-state index is -0.519. The van der Waals surface area contributed by atoms with Crippen LogP contribution >= 0.6 is 0 Å². The van der Waals surface area contributed by atoms with Gasteiger partial charge in [-0.1, -0.05) is 12.1 Å². The number of hydrogen-bond donors (Lipinski definition) is 2. The summed E-state index contributed by atoms with van der Waals surface area (Å²) in [6, 6.07) is 7.43. The van der Waals surface area contributed by atoms with Crippen molar-refractivity contribution in [2.24, 2.45) is 0 Å². The lowest BCUT2D eigenvalue weighted by Crippen LogP contribution is -2.56. The molecular formula is C16H18FN3O3. The number of nitrogens with zero attached hydrogens (tertiary/aromatic N) is 2. The molecule has 0 bridgehead atoms. The molecule has 6 nitrogen and oxygen atoms in total. The number of nitrogens with one attached hydrogen (secondary N) is 1. The number of carbonyl (C=O) groups is 1. The monoisotopic (exact) mass is 319 g/mol. The SMILES string of the molecule is O=C(CCOc1ccccc1F)N[C@H]1C[C@@H](O)[C@@H]1n1cccn1. The third kappa shape index (κ3) is 3.50. The van der Waals surface area contributed by atoms with Crippen molar-refractivity contribution in [2.45, 2.75) is 31.0 Å². The Bertz CT molecular complexity index is 662. The van der Waals surface area contributed by atoms with Crippen LogP contribution in [0.4, 0.5) is 4.39 Å². The molecule has 0 saturated heterocycles. The first kappa shape index (κ1) is 15.5. The lowest BCUT2D eigenvalue weighted by molar-refractivity contribution is -0.125. The summed E-state index contributed by atoms with van der Waals surface area (Å²) < 4.78 is 20.3. The highest BCUT2D eigenvalue weighted by atomic mass is 19.1. The van der Waals surface area contributed by atoms with Gasteiger partial charge in [0.2, 0.25) is 5.91 Å². The Morgan fingerprint density at radius 3 is 2.96 bits per heavy atom. The Morgan fingerprint density at radius 2 is 2.26 bits per heavy atom. The van der Waals surface area contributed by atoms with Crippen molar-refractivity contribution in [1.82, 2.24) is 15.1 Å². The van der Waals surface area contributed by atoms with E-state index in [0.29, 0.717) is 6.42 Å². The molecular weight excluding hydrogens is 301 g/mol. The first-order chi connectivity index (χ1) is 11.1. The van der Waals surface area contributed by atoms with Crippen LogP contribution in [0.25, 0.3) is 0 Å². The standard InChI is InChI=1S/C16H18FN3O3/c17-11-4-1-2-5-14(11)23-9-6-15(22)19-12-10-13(21)16(12)20-8-3-7-18-20/h1-5,7-8,12-13,16,21H,6,9-10H2,(H,19,22)/t12-,13+,16+/m0/s1. The van der Waals surface area contributed by atoms with Gasteiger partial charge < -0.3 is 15.2 Å². The minimum Gasteiger partial charge on any atom is -0.490 e. The van der Waals surface area contributed by atoms with E-state index in [-0.39, 0.29) is 36.8 Å². The zero-order chi connectivity index (χ0) is 16.2. The zero-order valence-corrected chi connectivity index (χ0v) is 12.4. The lowest BCUT2D eigenvalue weighted by Gasteiger charge is -2.41. The van der Waals surface area contributed by atoms with Gasteiger partial charge in [0.15, 0.2) is 11.6 Å². The fourth-order valence-corrected chi connectivity index (χ4v) is 2.67. The van der Waals surface area contributed by atoms with Gasteiger partial charge in [0, 0.05) is 12.4 Å². The van der Waals surface area contributed by atoms with Gasteiger partial charge in [-0.2, -0.15) is 5.10 Å². The molecule has 1 aromatic heterocycles. The molecule has 1 aromatic carbocycles. The molecule has 2 aromatic rings. The van der Waals surface area contributed by atoms with Crippen LogP contribution < -0.4 is 10.1 Å². The van der Waals surface area contributed by atoms with Gasteiger partial charge in [0.05, 0.1) is 31.2 Å². The summed E-state index contributed by atoms with van der Waals surface area (Å²) in [7, 11) is 0. The number of aromatic nitrogens is 2. The Balaban J connectivity index is 1.46. The van der Waals surface area contributed by atoms with Crippen LogP contribution in [-0.2, 0) is 4.79 Å². The number of carbonyl (C=O) groups excluding carboxylic acids is 1. The molecule has 3 atom stereocenters. The molecule has 23 heavy (non-hydrogen) atoms. The largest absolute Gasteiger partial charge is 0.490 e. The molecule has 1 amide bonds. The van der Waals surface area contributed by atoms with E-state index in [1.165, 1.54) is 12.1 Å². The van der Waals surface area contributed by atoms with E-state index in [0.717, 1.165) is 0 Å². The van der Waals surface area contributed by atoms with Crippen LogP contribution in [0.2, 0.25) is 0 Å². The number of halogens is 1. The molecule has 0 unspecified atom stereocenters. The third-order valence-electron chi connectivity index (χ3n) is 3.90.